The average Bonchev–Trinajstić information content (AvgIpc) is 2.95. The number of carboxylic acid groups (broad SMARTS) is 1. The fourth-order valence-electron chi connectivity index (χ4n) is 2.31. The third-order valence-electron chi connectivity index (χ3n) is 3.58. The van der Waals surface area contributed by atoms with Gasteiger partial charge >= 0.3 is 5.97 Å². The van der Waals surface area contributed by atoms with Crippen LogP contribution in [0.2, 0.25) is 0 Å². The number of hydrogen-bond acceptors (Lipinski definition) is 4. The molecule has 2 atom stereocenters. The Kier molecular flexibility index (Phi) is 4.42. The van der Waals surface area contributed by atoms with Gasteiger partial charge in [0.25, 0.3) is 5.91 Å². The van der Waals surface area contributed by atoms with E-state index in [1.807, 2.05) is 0 Å². The molecular formula is C14H16FNO5. The van der Waals surface area contributed by atoms with Crippen molar-refractivity contribution in [3.8, 4) is 5.75 Å². The van der Waals surface area contributed by atoms with Gasteiger partial charge in [0, 0.05) is 12.6 Å². The van der Waals surface area contributed by atoms with E-state index in [9.17, 15) is 14.0 Å². The normalized spacial score (nSPS) is 21.1. The van der Waals surface area contributed by atoms with E-state index in [4.69, 9.17) is 14.6 Å². The Labute approximate surface area is 121 Å². The van der Waals surface area contributed by atoms with Gasteiger partial charge in [-0.1, -0.05) is 0 Å². The van der Waals surface area contributed by atoms with Gasteiger partial charge in [-0.2, -0.15) is 0 Å². The maximum absolute atomic E-state index is 13.6. The van der Waals surface area contributed by atoms with E-state index in [1.54, 1.807) is 0 Å². The lowest BCUT2D eigenvalue weighted by molar-refractivity contribution is -0.142. The van der Waals surface area contributed by atoms with E-state index >= 15 is 0 Å². The molecule has 0 spiro atoms. The van der Waals surface area contributed by atoms with E-state index in [1.165, 1.54) is 31.2 Å². The lowest BCUT2D eigenvalue weighted by atomic mass is 10.0. The van der Waals surface area contributed by atoms with Gasteiger partial charge in [0.05, 0.1) is 26.4 Å². The highest BCUT2D eigenvalue weighted by Gasteiger charge is 2.38. The second-order valence-electron chi connectivity index (χ2n) is 4.81. The number of likely N-dealkylation sites (N-methyl/N-ethyl adjacent to an activating group) is 1. The molecule has 1 amide bonds. The Hall–Kier alpha value is -2.15. The quantitative estimate of drug-likeness (QED) is 0.897. The predicted octanol–water partition coefficient (Wildman–Crippen LogP) is 1.01. The lowest BCUT2D eigenvalue weighted by Crippen LogP contribution is -2.44. The molecule has 114 valence electrons. The number of nitrogens with zero attached hydrogens (tertiary/aromatic N) is 1. The molecule has 0 saturated carbocycles. The highest BCUT2D eigenvalue weighted by atomic mass is 19.1. The molecule has 0 aliphatic carbocycles. The van der Waals surface area contributed by atoms with Gasteiger partial charge in [0.1, 0.15) is 5.92 Å². The van der Waals surface area contributed by atoms with Crippen LogP contribution in [0.15, 0.2) is 18.2 Å². The molecule has 1 aromatic carbocycles. The topological polar surface area (TPSA) is 76.1 Å². The van der Waals surface area contributed by atoms with E-state index in [0.717, 1.165) is 6.07 Å². The molecule has 1 aliphatic rings. The summed E-state index contributed by atoms with van der Waals surface area (Å²) < 4.78 is 23.6. The van der Waals surface area contributed by atoms with Crippen molar-refractivity contribution in [2.24, 2.45) is 5.92 Å². The van der Waals surface area contributed by atoms with Crippen molar-refractivity contribution in [1.82, 2.24) is 4.90 Å². The summed E-state index contributed by atoms with van der Waals surface area (Å²) in [5.41, 5.74) is 0.131. The van der Waals surface area contributed by atoms with Crippen LogP contribution in [-0.2, 0) is 9.53 Å². The van der Waals surface area contributed by atoms with Crippen molar-refractivity contribution >= 4 is 11.9 Å². The third-order valence-corrected chi connectivity index (χ3v) is 3.58. The molecule has 0 aromatic heterocycles. The largest absolute Gasteiger partial charge is 0.494 e. The van der Waals surface area contributed by atoms with Crippen molar-refractivity contribution in [2.45, 2.75) is 6.04 Å². The molecular weight excluding hydrogens is 281 g/mol. The molecule has 1 fully saturated rings. The molecule has 21 heavy (non-hydrogen) atoms. The van der Waals surface area contributed by atoms with E-state index < -0.39 is 29.7 Å². The average molecular weight is 297 g/mol. The zero-order valence-corrected chi connectivity index (χ0v) is 11.7. The van der Waals surface area contributed by atoms with E-state index in [0.29, 0.717) is 0 Å². The van der Waals surface area contributed by atoms with Crippen molar-refractivity contribution in [2.75, 3.05) is 27.4 Å². The van der Waals surface area contributed by atoms with Gasteiger partial charge in [-0.05, 0) is 18.2 Å². The Balaban J connectivity index is 2.19. The first-order valence-electron chi connectivity index (χ1n) is 6.37. The molecule has 1 aliphatic heterocycles. The second kappa shape index (κ2) is 6.09. The molecule has 1 N–H and O–H groups in total. The van der Waals surface area contributed by atoms with Crippen molar-refractivity contribution in [1.29, 1.82) is 0 Å². The first kappa shape index (κ1) is 15.2. The third kappa shape index (κ3) is 2.97. The molecule has 6 nitrogen and oxygen atoms in total. The van der Waals surface area contributed by atoms with Crippen LogP contribution in [0.5, 0.6) is 5.75 Å². The van der Waals surface area contributed by atoms with Crippen LogP contribution in [0.4, 0.5) is 4.39 Å². The Morgan fingerprint density at radius 2 is 2.14 bits per heavy atom. The van der Waals surface area contributed by atoms with Crippen molar-refractivity contribution in [3.63, 3.8) is 0 Å². The maximum atomic E-state index is 13.6. The van der Waals surface area contributed by atoms with Gasteiger partial charge in [0.2, 0.25) is 0 Å². The zero-order valence-electron chi connectivity index (χ0n) is 11.7. The highest BCUT2D eigenvalue weighted by Crippen LogP contribution is 2.23. The number of halogens is 1. The maximum Gasteiger partial charge on any atom is 0.311 e. The first-order chi connectivity index (χ1) is 9.95. The smallest absolute Gasteiger partial charge is 0.311 e. The summed E-state index contributed by atoms with van der Waals surface area (Å²) in [5.74, 6) is -2.85. The summed E-state index contributed by atoms with van der Waals surface area (Å²) in [6, 6.07) is 3.30. The van der Waals surface area contributed by atoms with Crippen LogP contribution < -0.4 is 4.74 Å². The van der Waals surface area contributed by atoms with Crippen molar-refractivity contribution < 1.29 is 28.6 Å². The molecule has 1 aromatic rings. The highest BCUT2D eigenvalue weighted by molar-refractivity contribution is 5.94. The van der Waals surface area contributed by atoms with Gasteiger partial charge < -0.3 is 19.5 Å². The summed E-state index contributed by atoms with van der Waals surface area (Å²) in [6.07, 6.45) is 0. The standard InChI is InChI=1S/C14H16FNO5/c1-16(11-7-21-6-9(11)14(18)19)13(17)8-3-4-12(20-2)10(15)5-8/h3-5,9,11H,6-7H2,1-2H3,(H,18,19). The van der Waals surface area contributed by atoms with E-state index in [2.05, 4.69) is 0 Å². The van der Waals surface area contributed by atoms with Crippen LogP contribution in [-0.4, -0.2) is 55.3 Å². The fourth-order valence-corrected chi connectivity index (χ4v) is 2.31. The number of rotatable bonds is 4. The van der Waals surface area contributed by atoms with Gasteiger partial charge in [-0.25, -0.2) is 4.39 Å². The van der Waals surface area contributed by atoms with E-state index in [-0.39, 0.29) is 24.5 Å². The SMILES string of the molecule is COc1ccc(C(=O)N(C)C2COCC2C(=O)O)cc1F. The minimum atomic E-state index is -1.02. The Morgan fingerprint density at radius 3 is 2.71 bits per heavy atom. The fraction of sp³-hybridized carbons (Fsp3) is 0.429. The van der Waals surface area contributed by atoms with Crippen LogP contribution in [0.1, 0.15) is 10.4 Å². The van der Waals surface area contributed by atoms with Crippen LogP contribution in [0.25, 0.3) is 0 Å². The summed E-state index contributed by atoms with van der Waals surface area (Å²) in [6.45, 7) is 0.215. The van der Waals surface area contributed by atoms with Crippen LogP contribution in [0.3, 0.4) is 0 Å². The number of ether oxygens (including phenoxy) is 2. The second-order valence-corrected chi connectivity index (χ2v) is 4.81. The molecule has 0 bridgehead atoms. The minimum Gasteiger partial charge on any atom is -0.494 e. The number of carbonyl (C=O) groups is 2. The number of aliphatic carboxylic acids is 1. The monoisotopic (exact) mass is 297 g/mol. The predicted molar refractivity (Wildman–Crippen MR) is 70.8 cm³/mol. The number of benzene rings is 1. The van der Waals surface area contributed by atoms with Crippen molar-refractivity contribution in [3.05, 3.63) is 29.6 Å². The van der Waals surface area contributed by atoms with Crippen LogP contribution >= 0.6 is 0 Å². The number of carboxylic acids is 1. The summed E-state index contributed by atoms with van der Waals surface area (Å²) in [5, 5.41) is 9.10. The molecule has 2 rings (SSSR count). The summed E-state index contributed by atoms with van der Waals surface area (Å²) in [7, 11) is 2.82. The minimum absolute atomic E-state index is 0.0433. The molecule has 1 heterocycles. The Bertz CT molecular complexity index is 562. The number of hydrogen-bond donors (Lipinski definition) is 1. The molecule has 2 unspecified atom stereocenters. The number of amides is 1. The first-order valence-corrected chi connectivity index (χ1v) is 6.37. The molecule has 7 heteroatoms. The number of methoxy groups -OCH3 is 1. The molecule has 0 radical (unpaired) electrons. The lowest BCUT2D eigenvalue weighted by Gasteiger charge is -2.26. The van der Waals surface area contributed by atoms with Gasteiger partial charge in [-0.15, -0.1) is 0 Å². The Morgan fingerprint density at radius 1 is 1.43 bits per heavy atom. The number of carbonyl (C=O) groups excluding carboxylic acids is 1. The summed E-state index contributed by atoms with van der Waals surface area (Å²) >= 11 is 0. The summed E-state index contributed by atoms with van der Waals surface area (Å²) in [4.78, 5) is 24.7. The molecule has 1 saturated heterocycles. The van der Waals surface area contributed by atoms with Gasteiger partial charge in [0.15, 0.2) is 11.6 Å². The van der Waals surface area contributed by atoms with Crippen LogP contribution in [0, 0.1) is 11.7 Å². The van der Waals surface area contributed by atoms with Gasteiger partial charge in [-0.3, -0.25) is 9.59 Å². The zero-order chi connectivity index (χ0) is 15.6.